The number of aromatic nitrogens is 2. The molecule has 148 valence electrons. The second kappa shape index (κ2) is 7.24. The predicted molar refractivity (Wildman–Crippen MR) is 110 cm³/mol. The molecule has 1 aromatic heterocycles. The van der Waals surface area contributed by atoms with E-state index in [4.69, 9.17) is 0 Å². The Morgan fingerprint density at radius 3 is 2.46 bits per heavy atom. The monoisotopic (exact) mass is 379 g/mol. The van der Waals surface area contributed by atoms with Crippen LogP contribution in [-0.4, -0.2) is 52.6 Å². The third-order valence-electron chi connectivity index (χ3n) is 6.52. The molecule has 3 heterocycles. The fraction of sp³-hybridized carbons (Fsp3) is 0.545. The average molecular weight is 380 g/mol. The van der Waals surface area contributed by atoms with E-state index >= 15 is 0 Å². The summed E-state index contributed by atoms with van der Waals surface area (Å²) in [6.45, 7) is 4.58. The molecule has 0 unspecified atom stereocenters. The molecule has 0 radical (unpaired) electrons. The normalized spacial score (nSPS) is 21.0. The molecule has 1 amide bonds. The number of aryl methyl sites for hydroxylation is 1. The van der Waals surface area contributed by atoms with Crippen LogP contribution in [0.1, 0.15) is 31.5 Å². The Kier molecular flexibility index (Phi) is 4.59. The summed E-state index contributed by atoms with van der Waals surface area (Å²) in [5.74, 6) is 1.55. The molecule has 6 nitrogen and oxygen atoms in total. The average Bonchev–Trinajstić information content (AvgIpc) is 3.50. The molecule has 1 saturated heterocycles. The van der Waals surface area contributed by atoms with Crippen molar-refractivity contribution in [2.75, 3.05) is 36.0 Å². The van der Waals surface area contributed by atoms with Crippen molar-refractivity contribution in [2.24, 2.45) is 13.0 Å². The maximum atomic E-state index is 13.4. The number of rotatable bonds is 4. The Morgan fingerprint density at radius 2 is 1.79 bits per heavy atom. The van der Waals surface area contributed by atoms with Crippen LogP contribution >= 0.6 is 0 Å². The van der Waals surface area contributed by atoms with Crippen molar-refractivity contribution < 1.29 is 4.79 Å². The van der Waals surface area contributed by atoms with E-state index in [0.29, 0.717) is 11.9 Å². The van der Waals surface area contributed by atoms with Gasteiger partial charge < -0.3 is 14.4 Å². The third kappa shape index (κ3) is 3.30. The second-order valence-corrected chi connectivity index (χ2v) is 8.41. The number of piperidine rings is 1. The summed E-state index contributed by atoms with van der Waals surface area (Å²) in [5, 5.41) is 0. The van der Waals surface area contributed by atoms with Gasteiger partial charge >= 0.3 is 0 Å². The Labute approximate surface area is 166 Å². The van der Waals surface area contributed by atoms with Gasteiger partial charge in [-0.1, -0.05) is 12.1 Å². The van der Waals surface area contributed by atoms with Crippen LogP contribution in [0.2, 0.25) is 0 Å². The van der Waals surface area contributed by atoms with E-state index < -0.39 is 0 Å². The van der Waals surface area contributed by atoms with Crippen molar-refractivity contribution in [1.82, 2.24) is 14.5 Å². The zero-order chi connectivity index (χ0) is 19.1. The SMILES string of the molecule is Cn1ccnc1CN1CCC(C(=O)N2CCN(C3CC3)c3ccccc32)CC1. The fourth-order valence-electron chi connectivity index (χ4n) is 4.69. The molecule has 3 aliphatic rings. The van der Waals surface area contributed by atoms with E-state index in [2.05, 4.69) is 48.5 Å². The van der Waals surface area contributed by atoms with Gasteiger partial charge in [-0.25, -0.2) is 4.98 Å². The highest BCUT2D eigenvalue weighted by molar-refractivity contribution is 5.99. The smallest absolute Gasteiger partial charge is 0.230 e. The Bertz CT molecular complexity index is 850. The van der Waals surface area contributed by atoms with E-state index in [1.165, 1.54) is 18.5 Å². The lowest BCUT2D eigenvalue weighted by Gasteiger charge is -2.40. The molecule has 0 atom stereocenters. The van der Waals surface area contributed by atoms with Gasteiger partial charge in [-0.2, -0.15) is 0 Å². The first kappa shape index (κ1) is 17.7. The molecular weight excluding hydrogens is 350 g/mol. The van der Waals surface area contributed by atoms with E-state index in [9.17, 15) is 4.79 Å². The molecular formula is C22H29N5O. The number of benzene rings is 1. The van der Waals surface area contributed by atoms with Gasteiger partial charge in [0.05, 0.1) is 17.9 Å². The molecule has 28 heavy (non-hydrogen) atoms. The van der Waals surface area contributed by atoms with Crippen LogP contribution in [0.4, 0.5) is 11.4 Å². The van der Waals surface area contributed by atoms with Crippen molar-refractivity contribution in [2.45, 2.75) is 38.3 Å². The van der Waals surface area contributed by atoms with E-state index in [0.717, 1.165) is 57.1 Å². The van der Waals surface area contributed by atoms with E-state index in [1.54, 1.807) is 0 Å². The quantitative estimate of drug-likeness (QED) is 0.819. The van der Waals surface area contributed by atoms with Crippen LogP contribution in [0, 0.1) is 5.92 Å². The van der Waals surface area contributed by atoms with Gasteiger partial charge in [-0.05, 0) is 50.9 Å². The van der Waals surface area contributed by atoms with Gasteiger partial charge in [0, 0.05) is 44.5 Å². The number of hydrogen-bond acceptors (Lipinski definition) is 4. The van der Waals surface area contributed by atoms with Crippen LogP contribution in [0.5, 0.6) is 0 Å². The first-order valence-electron chi connectivity index (χ1n) is 10.6. The van der Waals surface area contributed by atoms with Gasteiger partial charge in [-0.3, -0.25) is 9.69 Å². The number of likely N-dealkylation sites (tertiary alicyclic amines) is 1. The van der Waals surface area contributed by atoms with E-state index in [1.807, 2.05) is 19.4 Å². The molecule has 0 spiro atoms. The van der Waals surface area contributed by atoms with Crippen LogP contribution in [0.25, 0.3) is 0 Å². The van der Waals surface area contributed by atoms with Crippen LogP contribution < -0.4 is 9.80 Å². The summed E-state index contributed by atoms with van der Waals surface area (Å²) in [6.07, 6.45) is 8.30. The lowest BCUT2D eigenvalue weighted by atomic mass is 9.94. The Morgan fingerprint density at radius 1 is 1.04 bits per heavy atom. The first-order valence-corrected chi connectivity index (χ1v) is 10.6. The predicted octanol–water partition coefficient (Wildman–Crippen LogP) is 2.65. The molecule has 2 aromatic rings. The van der Waals surface area contributed by atoms with Crippen molar-refractivity contribution in [3.8, 4) is 0 Å². The number of anilines is 2. The zero-order valence-corrected chi connectivity index (χ0v) is 16.6. The number of nitrogens with zero attached hydrogens (tertiary/aromatic N) is 5. The topological polar surface area (TPSA) is 44.6 Å². The largest absolute Gasteiger partial charge is 0.365 e. The lowest BCUT2D eigenvalue weighted by molar-refractivity contribution is -0.123. The molecule has 1 aliphatic carbocycles. The molecule has 2 aliphatic heterocycles. The number of para-hydroxylation sites is 2. The number of amides is 1. The van der Waals surface area contributed by atoms with Gasteiger partial charge in [0.2, 0.25) is 5.91 Å². The molecule has 6 heteroatoms. The summed E-state index contributed by atoms with van der Waals surface area (Å²) in [7, 11) is 2.04. The Balaban J connectivity index is 1.25. The maximum Gasteiger partial charge on any atom is 0.230 e. The van der Waals surface area contributed by atoms with Gasteiger partial charge in [0.25, 0.3) is 0 Å². The number of fused-ring (bicyclic) bond motifs is 1. The van der Waals surface area contributed by atoms with Crippen molar-refractivity contribution >= 4 is 17.3 Å². The van der Waals surface area contributed by atoms with Crippen molar-refractivity contribution in [3.05, 3.63) is 42.5 Å². The molecule has 0 bridgehead atoms. The Hall–Kier alpha value is -2.34. The van der Waals surface area contributed by atoms with Gasteiger partial charge in [0.1, 0.15) is 5.82 Å². The van der Waals surface area contributed by atoms with Crippen molar-refractivity contribution in [1.29, 1.82) is 0 Å². The first-order chi connectivity index (χ1) is 13.7. The third-order valence-corrected chi connectivity index (χ3v) is 6.52. The minimum Gasteiger partial charge on any atom is -0.365 e. The van der Waals surface area contributed by atoms with E-state index in [-0.39, 0.29) is 5.92 Å². The highest BCUT2D eigenvalue weighted by Gasteiger charge is 2.37. The fourth-order valence-corrected chi connectivity index (χ4v) is 4.69. The maximum absolute atomic E-state index is 13.4. The molecule has 5 rings (SSSR count). The summed E-state index contributed by atoms with van der Waals surface area (Å²) in [5.41, 5.74) is 2.36. The summed E-state index contributed by atoms with van der Waals surface area (Å²) in [6, 6.07) is 9.15. The van der Waals surface area contributed by atoms with Crippen LogP contribution in [0.3, 0.4) is 0 Å². The number of imidazole rings is 1. The number of carbonyl (C=O) groups is 1. The lowest BCUT2D eigenvalue weighted by Crippen LogP contribution is -2.48. The molecule has 1 aromatic carbocycles. The summed E-state index contributed by atoms with van der Waals surface area (Å²) < 4.78 is 2.08. The highest BCUT2D eigenvalue weighted by Crippen LogP contribution is 2.40. The highest BCUT2D eigenvalue weighted by atomic mass is 16.2. The second-order valence-electron chi connectivity index (χ2n) is 8.41. The van der Waals surface area contributed by atoms with Gasteiger partial charge in [0.15, 0.2) is 0 Å². The molecule has 1 saturated carbocycles. The van der Waals surface area contributed by atoms with Gasteiger partial charge in [-0.15, -0.1) is 0 Å². The van der Waals surface area contributed by atoms with Crippen LogP contribution in [-0.2, 0) is 18.4 Å². The summed E-state index contributed by atoms with van der Waals surface area (Å²) >= 11 is 0. The van der Waals surface area contributed by atoms with Crippen molar-refractivity contribution in [3.63, 3.8) is 0 Å². The number of carbonyl (C=O) groups excluding carboxylic acids is 1. The minimum absolute atomic E-state index is 0.137. The molecule has 2 fully saturated rings. The van der Waals surface area contributed by atoms with Crippen LogP contribution in [0.15, 0.2) is 36.7 Å². The zero-order valence-electron chi connectivity index (χ0n) is 16.6. The minimum atomic E-state index is 0.137. The standard InChI is InChI=1S/C22H29N5O/c1-24-13-10-23-21(24)16-25-11-8-17(9-12-25)22(28)27-15-14-26(18-6-7-18)19-4-2-3-5-20(19)27/h2-5,10,13,17-18H,6-9,11-12,14-16H2,1H3. The molecule has 0 N–H and O–H groups in total. The summed E-state index contributed by atoms with van der Waals surface area (Å²) in [4.78, 5) is 24.8. The number of hydrogen-bond donors (Lipinski definition) is 0.